The number of carbonyl (C=O) groups excluding carboxylic acids is 1. The zero-order chi connectivity index (χ0) is 17.3. The molecule has 0 aliphatic heterocycles. The molecule has 7 heteroatoms. The fourth-order valence-corrected chi connectivity index (χ4v) is 2.80. The largest absolute Gasteiger partial charge is 0.379 e. The molecule has 0 saturated carbocycles. The molecule has 0 aliphatic rings. The minimum Gasteiger partial charge on any atom is -0.379 e. The van der Waals surface area contributed by atoms with Crippen LogP contribution in [0.2, 0.25) is 0 Å². The van der Waals surface area contributed by atoms with Crippen LogP contribution in [0, 0.1) is 0 Å². The molecular weight excluding hydrogens is 316 g/mol. The van der Waals surface area contributed by atoms with Gasteiger partial charge in [0.25, 0.3) is 5.91 Å². The fourth-order valence-electron chi connectivity index (χ4n) is 1.75. The van der Waals surface area contributed by atoms with Crippen molar-refractivity contribution in [1.29, 1.82) is 0 Å². The zero-order valence-electron chi connectivity index (χ0n) is 13.5. The predicted octanol–water partition coefficient (Wildman–Crippen LogP) is 1.70. The highest BCUT2D eigenvalue weighted by molar-refractivity contribution is 7.89. The van der Waals surface area contributed by atoms with E-state index >= 15 is 0 Å². The van der Waals surface area contributed by atoms with E-state index in [1.807, 2.05) is 13.8 Å². The van der Waals surface area contributed by atoms with Crippen LogP contribution < -0.4 is 10.0 Å². The summed E-state index contributed by atoms with van der Waals surface area (Å²) >= 11 is 0. The maximum atomic E-state index is 12.1. The van der Waals surface area contributed by atoms with Gasteiger partial charge in [0.2, 0.25) is 10.0 Å². The van der Waals surface area contributed by atoms with E-state index in [0.29, 0.717) is 25.1 Å². The van der Waals surface area contributed by atoms with Crippen molar-refractivity contribution < 1.29 is 17.9 Å². The van der Waals surface area contributed by atoms with E-state index in [-0.39, 0.29) is 23.5 Å². The summed E-state index contributed by atoms with van der Waals surface area (Å²) in [6.07, 6.45) is 2.31. The molecule has 0 spiro atoms. The van der Waals surface area contributed by atoms with E-state index < -0.39 is 10.0 Å². The number of hydrogen-bond donors (Lipinski definition) is 2. The Morgan fingerprint density at radius 1 is 1.39 bits per heavy atom. The highest BCUT2D eigenvalue weighted by Crippen LogP contribution is 2.11. The summed E-state index contributed by atoms with van der Waals surface area (Å²) < 4.78 is 31.8. The molecule has 1 aromatic rings. The normalized spacial score (nSPS) is 11.4. The van der Waals surface area contributed by atoms with Gasteiger partial charge in [0.1, 0.15) is 0 Å². The molecular formula is C16H24N2O4S. The van der Waals surface area contributed by atoms with Gasteiger partial charge in [0.05, 0.1) is 11.0 Å². The Hall–Kier alpha value is -1.70. The Kier molecular flexibility index (Phi) is 7.94. The Balaban J connectivity index is 2.62. The maximum Gasteiger partial charge on any atom is 0.251 e. The molecule has 1 amide bonds. The van der Waals surface area contributed by atoms with Crippen LogP contribution in [0.1, 0.15) is 30.6 Å². The third-order valence-corrected chi connectivity index (χ3v) is 4.30. The van der Waals surface area contributed by atoms with Crippen LogP contribution in [0.3, 0.4) is 0 Å². The lowest BCUT2D eigenvalue weighted by atomic mass is 10.2. The number of hydrogen-bond acceptors (Lipinski definition) is 4. The van der Waals surface area contributed by atoms with Crippen molar-refractivity contribution in [2.24, 2.45) is 0 Å². The van der Waals surface area contributed by atoms with Crippen LogP contribution in [0.4, 0.5) is 0 Å². The van der Waals surface area contributed by atoms with E-state index in [1.54, 1.807) is 12.1 Å². The van der Waals surface area contributed by atoms with Gasteiger partial charge in [-0.3, -0.25) is 4.79 Å². The van der Waals surface area contributed by atoms with Gasteiger partial charge in [-0.25, -0.2) is 13.1 Å². The first-order valence-corrected chi connectivity index (χ1v) is 8.95. The van der Waals surface area contributed by atoms with E-state index in [2.05, 4.69) is 16.6 Å². The molecule has 0 saturated heterocycles. The van der Waals surface area contributed by atoms with Crippen molar-refractivity contribution in [3.8, 4) is 0 Å². The van der Waals surface area contributed by atoms with Gasteiger partial charge in [-0.15, -0.1) is 6.58 Å². The molecule has 0 fully saturated rings. The van der Waals surface area contributed by atoms with Gasteiger partial charge in [-0.1, -0.05) is 12.1 Å². The van der Waals surface area contributed by atoms with Crippen LogP contribution in [-0.4, -0.2) is 40.1 Å². The second kappa shape index (κ2) is 9.44. The zero-order valence-corrected chi connectivity index (χ0v) is 14.4. The molecule has 0 aromatic heterocycles. The van der Waals surface area contributed by atoms with Crippen molar-refractivity contribution in [2.45, 2.75) is 31.3 Å². The van der Waals surface area contributed by atoms with Gasteiger partial charge in [-0.2, -0.15) is 0 Å². The smallest absolute Gasteiger partial charge is 0.251 e. The van der Waals surface area contributed by atoms with Gasteiger partial charge >= 0.3 is 0 Å². The predicted molar refractivity (Wildman–Crippen MR) is 89.9 cm³/mol. The monoisotopic (exact) mass is 340 g/mol. The number of nitrogens with one attached hydrogen (secondary N) is 2. The van der Waals surface area contributed by atoms with Gasteiger partial charge < -0.3 is 10.1 Å². The van der Waals surface area contributed by atoms with Gasteiger partial charge in [0.15, 0.2) is 0 Å². The van der Waals surface area contributed by atoms with Crippen LogP contribution in [0.15, 0.2) is 41.8 Å². The Morgan fingerprint density at radius 3 is 2.78 bits per heavy atom. The van der Waals surface area contributed by atoms with Gasteiger partial charge in [-0.05, 0) is 38.5 Å². The SMILES string of the molecule is C=CCNS(=O)(=O)c1cccc(C(=O)NCCCOC(C)C)c1. The molecule has 0 bridgehead atoms. The highest BCUT2D eigenvalue weighted by atomic mass is 32.2. The Bertz CT molecular complexity index is 627. The summed E-state index contributed by atoms with van der Waals surface area (Å²) in [6.45, 7) is 8.53. The lowest BCUT2D eigenvalue weighted by Crippen LogP contribution is -2.27. The number of benzene rings is 1. The van der Waals surface area contributed by atoms with Gasteiger partial charge in [0, 0.05) is 25.3 Å². The van der Waals surface area contributed by atoms with Crippen molar-refractivity contribution in [3.05, 3.63) is 42.5 Å². The molecule has 0 heterocycles. The topological polar surface area (TPSA) is 84.5 Å². The molecule has 0 aliphatic carbocycles. The standard InChI is InChI=1S/C16H24N2O4S/c1-4-9-18-23(20,21)15-8-5-7-14(12-15)16(19)17-10-6-11-22-13(2)3/h4-5,7-8,12-13,18H,1,6,9-11H2,2-3H3,(H,17,19). The number of rotatable bonds is 10. The molecule has 0 unspecified atom stereocenters. The lowest BCUT2D eigenvalue weighted by Gasteiger charge is -2.09. The molecule has 128 valence electrons. The highest BCUT2D eigenvalue weighted by Gasteiger charge is 2.15. The number of amides is 1. The Labute approximate surface area is 138 Å². The summed E-state index contributed by atoms with van der Waals surface area (Å²) in [7, 11) is -3.64. The molecule has 0 radical (unpaired) electrons. The van der Waals surface area contributed by atoms with E-state index in [0.717, 1.165) is 0 Å². The lowest BCUT2D eigenvalue weighted by molar-refractivity contribution is 0.0757. The van der Waals surface area contributed by atoms with Crippen LogP contribution in [0.25, 0.3) is 0 Å². The fraction of sp³-hybridized carbons (Fsp3) is 0.438. The molecule has 1 aromatic carbocycles. The summed E-state index contributed by atoms with van der Waals surface area (Å²) in [5, 5.41) is 2.74. The summed E-state index contributed by atoms with van der Waals surface area (Å²) in [5.74, 6) is -0.310. The number of ether oxygens (including phenoxy) is 1. The molecule has 0 atom stereocenters. The first-order chi connectivity index (χ1) is 10.9. The van der Waals surface area contributed by atoms with Crippen LogP contribution in [-0.2, 0) is 14.8 Å². The third kappa shape index (κ3) is 6.94. The maximum absolute atomic E-state index is 12.1. The van der Waals surface area contributed by atoms with E-state index in [9.17, 15) is 13.2 Å². The van der Waals surface area contributed by atoms with Crippen LogP contribution >= 0.6 is 0 Å². The number of carbonyl (C=O) groups is 1. The van der Waals surface area contributed by atoms with E-state index in [1.165, 1.54) is 18.2 Å². The minimum atomic E-state index is -3.64. The first kappa shape index (κ1) is 19.3. The third-order valence-electron chi connectivity index (χ3n) is 2.88. The van der Waals surface area contributed by atoms with Crippen molar-refractivity contribution in [1.82, 2.24) is 10.0 Å². The average Bonchev–Trinajstić information content (AvgIpc) is 2.52. The van der Waals surface area contributed by atoms with Crippen molar-refractivity contribution in [3.63, 3.8) is 0 Å². The molecule has 6 nitrogen and oxygen atoms in total. The molecule has 2 N–H and O–H groups in total. The van der Waals surface area contributed by atoms with Crippen molar-refractivity contribution in [2.75, 3.05) is 19.7 Å². The minimum absolute atomic E-state index is 0.0511. The second-order valence-corrected chi connectivity index (χ2v) is 6.96. The first-order valence-electron chi connectivity index (χ1n) is 7.47. The van der Waals surface area contributed by atoms with Crippen molar-refractivity contribution >= 4 is 15.9 Å². The average molecular weight is 340 g/mol. The second-order valence-electron chi connectivity index (χ2n) is 5.20. The van der Waals surface area contributed by atoms with E-state index in [4.69, 9.17) is 4.74 Å². The summed E-state index contributed by atoms with van der Waals surface area (Å²) in [4.78, 5) is 12.1. The van der Waals surface area contributed by atoms with Crippen LogP contribution in [0.5, 0.6) is 0 Å². The quantitative estimate of drug-likeness (QED) is 0.501. The summed E-state index contributed by atoms with van der Waals surface area (Å²) in [6, 6.07) is 5.91. The Morgan fingerprint density at radius 2 is 2.13 bits per heavy atom. The number of sulfonamides is 1. The summed E-state index contributed by atoms with van der Waals surface area (Å²) in [5.41, 5.74) is 0.302. The molecule has 23 heavy (non-hydrogen) atoms. The molecule has 1 rings (SSSR count).